The van der Waals surface area contributed by atoms with E-state index in [1.807, 2.05) is 0 Å². The van der Waals surface area contributed by atoms with Gasteiger partial charge in [0.05, 0.1) is 21.5 Å². The zero-order valence-corrected chi connectivity index (χ0v) is 13.8. The van der Waals surface area contributed by atoms with Crippen LogP contribution in [-0.2, 0) is 9.59 Å². The van der Waals surface area contributed by atoms with E-state index >= 15 is 0 Å². The van der Waals surface area contributed by atoms with Crippen LogP contribution >= 0.6 is 23.4 Å². The van der Waals surface area contributed by atoms with Gasteiger partial charge < -0.3 is 10.0 Å². The van der Waals surface area contributed by atoms with Crippen LogP contribution in [0.15, 0.2) is 23.1 Å². The number of carbonyl (C=O) groups is 2. The first-order valence-electron chi connectivity index (χ1n) is 6.87. The van der Waals surface area contributed by atoms with Crippen LogP contribution in [-0.4, -0.2) is 45.6 Å². The Bertz CT molecular complexity index is 654. The summed E-state index contributed by atoms with van der Waals surface area (Å²) in [6.07, 6.45) is 0. The van der Waals surface area contributed by atoms with Gasteiger partial charge in [0.2, 0.25) is 5.91 Å². The van der Waals surface area contributed by atoms with Gasteiger partial charge in [-0.3, -0.25) is 19.7 Å². The lowest BCUT2D eigenvalue weighted by atomic mass is 9.99. The summed E-state index contributed by atoms with van der Waals surface area (Å²) in [5.74, 6) is -1.79. The summed E-state index contributed by atoms with van der Waals surface area (Å²) in [7, 11) is 0. The van der Waals surface area contributed by atoms with Gasteiger partial charge >= 0.3 is 5.97 Å². The average Bonchev–Trinajstić information content (AvgIpc) is 2.87. The number of rotatable bonds is 5. The number of thioether (sulfide) groups is 1. The lowest BCUT2D eigenvalue weighted by Gasteiger charge is -2.15. The van der Waals surface area contributed by atoms with Crippen LogP contribution in [0.1, 0.15) is 6.92 Å². The van der Waals surface area contributed by atoms with Crippen molar-refractivity contribution >= 4 is 40.9 Å². The Balaban J connectivity index is 2.01. The van der Waals surface area contributed by atoms with E-state index in [0.717, 1.165) is 11.8 Å². The fourth-order valence-electron chi connectivity index (χ4n) is 2.48. The second kappa shape index (κ2) is 7.18. The van der Waals surface area contributed by atoms with Crippen molar-refractivity contribution in [3.05, 3.63) is 33.3 Å². The van der Waals surface area contributed by atoms with Gasteiger partial charge in [-0.2, -0.15) is 0 Å². The fourth-order valence-corrected chi connectivity index (χ4v) is 3.55. The van der Waals surface area contributed by atoms with Gasteiger partial charge in [0.1, 0.15) is 0 Å². The molecule has 0 radical (unpaired) electrons. The summed E-state index contributed by atoms with van der Waals surface area (Å²) >= 11 is 6.80. The second-order valence-corrected chi connectivity index (χ2v) is 6.83. The number of nitro groups is 1. The predicted octanol–water partition coefficient (Wildman–Crippen LogP) is 2.52. The molecule has 0 bridgehead atoms. The normalized spacial score (nSPS) is 20.5. The van der Waals surface area contributed by atoms with Crippen LogP contribution in [0.3, 0.4) is 0 Å². The van der Waals surface area contributed by atoms with Crippen molar-refractivity contribution < 1.29 is 19.6 Å². The third kappa shape index (κ3) is 4.14. The molecule has 9 heteroatoms. The van der Waals surface area contributed by atoms with Crippen LogP contribution in [0.5, 0.6) is 0 Å². The number of likely N-dealkylation sites (tertiary alicyclic amines) is 1. The van der Waals surface area contributed by atoms with Crippen LogP contribution in [0.25, 0.3) is 0 Å². The Hall–Kier alpha value is -1.80. The molecule has 124 valence electrons. The maximum atomic E-state index is 12.2. The zero-order valence-electron chi connectivity index (χ0n) is 12.3. The minimum atomic E-state index is -0.909. The highest BCUT2D eigenvalue weighted by Gasteiger charge is 2.36. The molecule has 1 N–H and O–H groups in total. The van der Waals surface area contributed by atoms with E-state index in [4.69, 9.17) is 16.7 Å². The van der Waals surface area contributed by atoms with E-state index in [1.165, 1.54) is 23.1 Å². The number of hydrogen-bond donors (Lipinski definition) is 1. The van der Waals surface area contributed by atoms with Crippen molar-refractivity contribution in [3.8, 4) is 0 Å². The summed E-state index contributed by atoms with van der Waals surface area (Å²) in [6.45, 7) is 2.36. The number of hydrogen-bond acceptors (Lipinski definition) is 5. The topological polar surface area (TPSA) is 101 Å². The molecule has 1 saturated heterocycles. The molecule has 1 aliphatic heterocycles. The van der Waals surface area contributed by atoms with Crippen molar-refractivity contribution in [1.29, 1.82) is 0 Å². The Morgan fingerprint density at radius 2 is 2.17 bits per heavy atom. The highest BCUT2D eigenvalue weighted by atomic mass is 35.5. The van der Waals surface area contributed by atoms with Crippen molar-refractivity contribution in [2.45, 2.75) is 11.8 Å². The molecule has 2 rings (SSSR count). The van der Waals surface area contributed by atoms with E-state index in [1.54, 1.807) is 6.92 Å². The van der Waals surface area contributed by atoms with Gasteiger partial charge in [-0.25, -0.2) is 0 Å². The third-order valence-electron chi connectivity index (χ3n) is 3.75. The highest BCUT2D eigenvalue weighted by Crippen LogP contribution is 2.32. The molecule has 1 aliphatic rings. The highest BCUT2D eigenvalue weighted by molar-refractivity contribution is 8.00. The van der Waals surface area contributed by atoms with E-state index in [0.29, 0.717) is 11.4 Å². The fraction of sp³-hybridized carbons (Fsp3) is 0.429. The zero-order chi connectivity index (χ0) is 17.1. The summed E-state index contributed by atoms with van der Waals surface area (Å²) in [4.78, 5) is 35.6. The molecule has 2 atom stereocenters. The SMILES string of the molecule is C[C@@H]1CN(C(=O)CSc2ccc(Cl)cc2[N+](=O)[O-])C[C@H]1C(=O)O. The molecule has 0 spiro atoms. The van der Waals surface area contributed by atoms with Gasteiger partial charge in [0, 0.05) is 24.2 Å². The number of halogens is 1. The number of carboxylic acid groups (broad SMARTS) is 1. The molecule has 0 aliphatic carbocycles. The van der Waals surface area contributed by atoms with Crippen molar-refractivity contribution in [1.82, 2.24) is 4.90 Å². The molecular weight excluding hydrogens is 344 g/mol. The van der Waals surface area contributed by atoms with E-state index in [2.05, 4.69) is 0 Å². The summed E-state index contributed by atoms with van der Waals surface area (Å²) in [5, 5.41) is 20.3. The van der Waals surface area contributed by atoms with Crippen LogP contribution in [0, 0.1) is 22.0 Å². The molecular formula is C14H15ClN2O5S. The first-order chi connectivity index (χ1) is 10.8. The van der Waals surface area contributed by atoms with E-state index < -0.39 is 16.8 Å². The maximum absolute atomic E-state index is 12.2. The minimum Gasteiger partial charge on any atom is -0.481 e. The maximum Gasteiger partial charge on any atom is 0.308 e. The number of benzene rings is 1. The lowest BCUT2D eigenvalue weighted by molar-refractivity contribution is -0.387. The number of amides is 1. The van der Waals surface area contributed by atoms with Gasteiger partial charge in [-0.1, -0.05) is 18.5 Å². The van der Waals surface area contributed by atoms with Crippen LogP contribution < -0.4 is 0 Å². The standard InChI is InChI=1S/C14H15ClN2O5S/c1-8-5-16(6-10(8)14(19)20)13(18)7-23-12-3-2-9(15)4-11(12)17(21)22/h2-4,8,10H,5-7H2,1H3,(H,19,20)/t8-,10-/m1/s1. The predicted molar refractivity (Wildman–Crippen MR) is 85.7 cm³/mol. The smallest absolute Gasteiger partial charge is 0.308 e. The molecule has 1 amide bonds. The monoisotopic (exact) mass is 358 g/mol. The minimum absolute atomic E-state index is 0.0154. The van der Waals surface area contributed by atoms with E-state index in [-0.39, 0.29) is 34.8 Å². The summed E-state index contributed by atoms with van der Waals surface area (Å²) < 4.78 is 0. The number of nitrogens with zero attached hydrogens (tertiary/aromatic N) is 2. The van der Waals surface area contributed by atoms with Crippen LogP contribution in [0.4, 0.5) is 5.69 Å². The Morgan fingerprint density at radius 1 is 1.48 bits per heavy atom. The Morgan fingerprint density at radius 3 is 2.74 bits per heavy atom. The molecule has 23 heavy (non-hydrogen) atoms. The number of carboxylic acids is 1. The Kier molecular flexibility index (Phi) is 5.48. The van der Waals surface area contributed by atoms with Gasteiger partial charge in [0.15, 0.2) is 0 Å². The van der Waals surface area contributed by atoms with Gasteiger partial charge in [0.25, 0.3) is 5.69 Å². The quantitative estimate of drug-likeness (QED) is 0.493. The largest absolute Gasteiger partial charge is 0.481 e. The number of nitro benzene ring substituents is 1. The van der Waals surface area contributed by atoms with Crippen molar-refractivity contribution in [2.75, 3.05) is 18.8 Å². The third-order valence-corrected chi connectivity index (χ3v) is 5.03. The molecule has 0 unspecified atom stereocenters. The first-order valence-corrected chi connectivity index (χ1v) is 8.23. The van der Waals surface area contributed by atoms with Gasteiger partial charge in [-0.15, -0.1) is 11.8 Å². The first kappa shape index (κ1) is 17.6. The number of aliphatic carboxylic acids is 1. The Labute approximate surface area is 141 Å². The van der Waals surface area contributed by atoms with Gasteiger partial charge in [-0.05, 0) is 18.1 Å². The lowest BCUT2D eigenvalue weighted by Crippen LogP contribution is -2.31. The molecule has 7 nitrogen and oxygen atoms in total. The average molecular weight is 359 g/mol. The molecule has 1 aromatic rings. The molecule has 1 aromatic carbocycles. The summed E-state index contributed by atoms with van der Waals surface area (Å²) in [6, 6.07) is 4.28. The molecule has 1 heterocycles. The summed E-state index contributed by atoms with van der Waals surface area (Å²) in [5.41, 5.74) is -0.145. The van der Waals surface area contributed by atoms with Crippen molar-refractivity contribution in [3.63, 3.8) is 0 Å². The van der Waals surface area contributed by atoms with Crippen LogP contribution in [0.2, 0.25) is 5.02 Å². The molecule has 0 saturated carbocycles. The van der Waals surface area contributed by atoms with Crippen molar-refractivity contribution in [2.24, 2.45) is 11.8 Å². The second-order valence-electron chi connectivity index (χ2n) is 5.38. The molecule has 1 fully saturated rings. The van der Waals surface area contributed by atoms with E-state index in [9.17, 15) is 19.7 Å². The number of carbonyl (C=O) groups excluding carboxylic acids is 1. The molecule has 0 aromatic heterocycles.